The number of methoxy groups -OCH3 is 2. The first-order valence-electron chi connectivity index (χ1n) is 9.80. The first-order chi connectivity index (χ1) is 14.2. The van der Waals surface area contributed by atoms with E-state index in [-0.39, 0.29) is 0 Å². The van der Waals surface area contributed by atoms with E-state index in [4.69, 9.17) is 19.4 Å². The molecule has 7 nitrogen and oxygen atoms in total. The number of nitrogens with one attached hydrogen (secondary N) is 2. The minimum atomic E-state index is 0.419. The molecular weight excluding hydrogens is 366 g/mol. The fraction of sp³-hybridized carbons (Fsp3) is 0.318. The highest BCUT2D eigenvalue weighted by Crippen LogP contribution is 2.32. The van der Waals surface area contributed by atoms with Crippen LogP contribution >= 0.6 is 0 Å². The number of nitrogens with zero attached hydrogens (tertiary/aromatic N) is 3. The molecule has 3 aromatic rings. The molecule has 1 aliphatic carbocycles. The van der Waals surface area contributed by atoms with Gasteiger partial charge >= 0.3 is 0 Å². The van der Waals surface area contributed by atoms with Crippen LogP contribution in [0.4, 0.5) is 17.5 Å². The second-order valence-electron chi connectivity index (χ2n) is 7.02. The number of hydrogen-bond donors (Lipinski definition) is 2. The normalized spacial score (nSPS) is 13.9. The Balaban J connectivity index is 1.68. The second kappa shape index (κ2) is 8.77. The van der Waals surface area contributed by atoms with Crippen LogP contribution in [0.5, 0.6) is 11.5 Å². The fourth-order valence-corrected chi connectivity index (χ4v) is 3.53. The molecule has 1 aliphatic rings. The Morgan fingerprint density at radius 3 is 2.59 bits per heavy atom. The van der Waals surface area contributed by atoms with Crippen LogP contribution in [-0.2, 0) is 0 Å². The molecule has 0 saturated heterocycles. The Morgan fingerprint density at radius 1 is 1.00 bits per heavy atom. The molecule has 1 fully saturated rings. The van der Waals surface area contributed by atoms with E-state index in [0.29, 0.717) is 23.6 Å². The molecule has 0 amide bonds. The van der Waals surface area contributed by atoms with E-state index >= 15 is 0 Å². The van der Waals surface area contributed by atoms with Gasteiger partial charge in [-0.15, -0.1) is 0 Å². The Kier molecular flexibility index (Phi) is 5.74. The molecule has 0 atom stereocenters. The molecule has 2 aromatic heterocycles. The number of aromatic nitrogens is 3. The van der Waals surface area contributed by atoms with Gasteiger partial charge in [0.1, 0.15) is 17.3 Å². The van der Waals surface area contributed by atoms with Crippen LogP contribution in [0.25, 0.3) is 11.3 Å². The van der Waals surface area contributed by atoms with E-state index in [2.05, 4.69) is 15.6 Å². The maximum Gasteiger partial charge on any atom is 0.225 e. The molecule has 0 aliphatic heterocycles. The lowest BCUT2D eigenvalue weighted by Gasteiger charge is -2.16. The maximum atomic E-state index is 5.50. The fourth-order valence-electron chi connectivity index (χ4n) is 3.53. The summed E-state index contributed by atoms with van der Waals surface area (Å²) in [5.41, 5.74) is 2.55. The van der Waals surface area contributed by atoms with Crippen LogP contribution in [-0.4, -0.2) is 35.2 Å². The summed E-state index contributed by atoms with van der Waals surface area (Å²) < 4.78 is 10.8. The predicted octanol–water partition coefficient (Wildman–Crippen LogP) is 4.65. The van der Waals surface area contributed by atoms with Gasteiger partial charge in [0.15, 0.2) is 0 Å². The molecule has 4 rings (SSSR count). The van der Waals surface area contributed by atoms with Gasteiger partial charge in [0, 0.05) is 36.1 Å². The van der Waals surface area contributed by atoms with Gasteiger partial charge in [0.25, 0.3) is 0 Å². The van der Waals surface area contributed by atoms with E-state index in [1.54, 1.807) is 26.6 Å². The van der Waals surface area contributed by atoms with Crippen molar-refractivity contribution in [2.45, 2.75) is 31.7 Å². The maximum absolute atomic E-state index is 5.50. The van der Waals surface area contributed by atoms with Crippen molar-refractivity contribution in [1.29, 1.82) is 0 Å². The molecule has 0 spiro atoms. The van der Waals surface area contributed by atoms with E-state index in [0.717, 1.165) is 35.5 Å². The van der Waals surface area contributed by atoms with Gasteiger partial charge in [0.05, 0.1) is 25.6 Å². The molecule has 0 radical (unpaired) electrons. The van der Waals surface area contributed by atoms with Crippen LogP contribution < -0.4 is 20.1 Å². The van der Waals surface area contributed by atoms with Gasteiger partial charge < -0.3 is 20.1 Å². The zero-order valence-corrected chi connectivity index (χ0v) is 16.7. The average molecular weight is 391 g/mol. The van der Waals surface area contributed by atoms with Crippen molar-refractivity contribution < 1.29 is 9.47 Å². The standard InChI is InChI=1S/C22H25N5O2/c1-28-17-9-10-18(20(12-17)29-2)25-21-13-19(15-6-5-11-23-14-15)26-22(27-21)24-16-7-3-4-8-16/h5-6,9-14,16H,3-4,7-8H2,1-2H3,(H2,24,25,26,27). The van der Waals surface area contributed by atoms with Crippen LogP contribution in [0.15, 0.2) is 48.8 Å². The molecule has 0 unspecified atom stereocenters. The minimum absolute atomic E-state index is 0.419. The number of rotatable bonds is 7. The van der Waals surface area contributed by atoms with Gasteiger partial charge in [-0.2, -0.15) is 4.98 Å². The highest BCUT2D eigenvalue weighted by molar-refractivity contribution is 5.70. The van der Waals surface area contributed by atoms with Gasteiger partial charge in [-0.1, -0.05) is 12.8 Å². The molecule has 2 heterocycles. The van der Waals surface area contributed by atoms with E-state index in [1.165, 1.54) is 12.8 Å². The number of hydrogen-bond acceptors (Lipinski definition) is 7. The van der Waals surface area contributed by atoms with Crippen LogP contribution in [0.1, 0.15) is 25.7 Å². The lowest BCUT2D eigenvalue weighted by molar-refractivity contribution is 0.395. The van der Waals surface area contributed by atoms with Gasteiger partial charge in [-0.25, -0.2) is 4.98 Å². The summed E-state index contributed by atoms with van der Waals surface area (Å²) in [6.45, 7) is 0. The van der Waals surface area contributed by atoms with Gasteiger partial charge in [0.2, 0.25) is 5.95 Å². The Morgan fingerprint density at radius 2 is 1.86 bits per heavy atom. The lowest BCUT2D eigenvalue weighted by Crippen LogP contribution is -2.17. The van der Waals surface area contributed by atoms with Crippen molar-refractivity contribution in [2.75, 3.05) is 24.9 Å². The summed E-state index contributed by atoms with van der Waals surface area (Å²) >= 11 is 0. The monoisotopic (exact) mass is 391 g/mol. The zero-order chi connectivity index (χ0) is 20.1. The van der Waals surface area contributed by atoms with Crippen LogP contribution in [0.2, 0.25) is 0 Å². The first kappa shape index (κ1) is 19.0. The molecule has 7 heteroatoms. The highest BCUT2D eigenvalue weighted by Gasteiger charge is 2.17. The summed E-state index contributed by atoms with van der Waals surface area (Å²) in [5, 5.41) is 6.85. The average Bonchev–Trinajstić information content (AvgIpc) is 3.27. The van der Waals surface area contributed by atoms with Crippen molar-refractivity contribution in [3.05, 3.63) is 48.8 Å². The van der Waals surface area contributed by atoms with Crippen molar-refractivity contribution in [2.24, 2.45) is 0 Å². The molecule has 1 aromatic carbocycles. The molecular formula is C22H25N5O2. The number of benzene rings is 1. The van der Waals surface area contributed by atoms with E-state index in [1.807, 2.05) is 36.4 Å². The van der Waals surface area contributed by atoms with Crippen molar-refractivity contribution in [1.82, 2.24) is 15.0 Å². The SMILES string of the molecule is COc1ccc(Nc2cc(-c3cccnc3)nc(NC3CCCC3)n2)c(OC)c1. The first-order valence-corrected chi connectivity index (χ1v) is 9.80. The second-order valence-corrected chi connectivity index (χ2v) is 7.02. The Bertz CT molecular complexity index is 959. The van der Waals surface area contributed by atoms with Crippen molar-refractivity contribution >= 4 is 17.5 Å². The number of anilines is 3. The largest absolute Gasteiger partial charge is 0.497 e. The molecule has 0 bridgehead atoms. The molecule has 150 valence electrons. The van der Waals surface area contributed by atoms with E-state index in [9.17, 15) is 0 Å². The zero-order valence-electron chi connectivity index (χ0n) is 16.7. The third kappa shape index (κ3) is 4.56. The number of pyridine rings is 1. The van der Waals surface area contributed by atoms with Gasteiger partial charge in [-0.05, 0) is 37.1 Å². The van der Waals surface area contributed by atoms with Crippen molar-refractivity contribution in [3.8, 4) is 22.8 Å². The van der Waals surface area contributed by atoms with Crippen LogP contribution in [0.3, 0.4) is 0 Å². The lowest BCUT2D eigenvalue weighted by atomic mass is 10.2. The quantitative estimate of drug-likeness (QED) is 0.606. The van der Waals surface area contributed by atoms with Gasteiger partial charge in [-0.3, -0.25) is 4.98 Å². The predicted molar refractivity (Wildman–Crippen MR) is 114 cm³/mol. The third-order valence-electron chi connectivity index (χ3n) is 5.04. The molecule has 29 heavy (non-hydrogen) atoms. The summed E-state index contributed by atoms with van der Waals surface area (Å²) in [5.74, 6) is 2.71. The molecule has 1 saturated carbocycles. The summed E-state index contributed by atoms with van der Waals surface area (Å²) in [7, 11) is 3.27. The molecule has 2 N–H and O–H groups in total. The third-order valence-corrected chi connectivity index (χ3v) is 5.04. The summed E-state index contributed by atoms with van der Waals surface area (Å²) in [4.78, 5) is 13.6. The Labute approximate surface area is 170 Å². The van der Waals surface area contributed by atoms with Crippen molar-refractivity contribution in [3.63, 3.8) is 0 Å². The number of ether oxygens (including phenoxy) is 2. The highest BCUT2D eigenvalue weighted by atomic mass is 16.5. The van der Waals surface area contributed by atoms with E-state index < -0.39 is 0 Å². The Hall–Kier alpha value is -3.35. The van der Waals surface area contributed by atoms with Crippen LogP contribution in [0, 0.1) is 0 Å². The summed E-state index contributed by atoms with van der Waals surface area (Å²) in [6.07, 6.45) is 8.34. The smallest absolute Gasteiger partial charge is 0.225 e. The summed E-state index contributed by atoms with van der Waals surface area (Å²) in [6, 6.07) is 11.9. The topological polar surface area (TPSA) is 81.2 Å². The minimum Gasteiger partial charge on any atom is -0.497 e.